The number of nitrogens with one attached hydrogen (secondary N) is 1. The maximum Gasteiger partial charge on any atom is 0.389 e. The van der Waals surface area contributed by atoms with Gasteiger partial charge in [0.1, 0.15) is 0 Å². The Kier molecular flexibility index (Phi) is 5.88. The molecule has 108 valence electrons. The molecule has 0 heterocycles. The van der Waals surface area contributed by atoms with Crippen LogP contribution in [0.1, 0.15) is 51.4 Å². The minimum atomic E-state index is -4.14. The molecule has 1 unspecified atom stereocenters. The Morgan fingerprint density at radius 3 is 2.17 bits per heavy atom. The molecular formula is C12H23F3N2O. The Morgan fingerprint density at radius 1 is 1.22 bits per heavy atom. The van der Waals surface area contributed by atoms with Gasteiger partial charge >= 0.3 is 6.18 Å². The number of nitrogens with two attached hydrogens (primary N) is 1. The number of hydrazine groups is 1. The number of alkyl halides is 3. The van der Waals surface area contributed by atoms with Crippen LogP contribution in [0.2, 0.25) is 0 Å². The quantitative estimate of drug-likeness (QED) is 0.458. The fourth-order valence-electron chi connectivity index (χ4n) is 2.83. The predicted molar refractivity (Wildman–Crippen MR) is 63.8 cm³/mol. The van der Waals surface area contributed by atoms with E-state index in [0.717, 1.165) is 38.5 Å². The molecule has 6 heteroatoms. The molecule has 3 N–H and O–H groups in total. The number of hydrogen-bond acceptors (Lipinski definition) is 3. The van der Waals surface area contributed by atoms with E-state index in [4.69, 9.17) is 10.6 Å². The molecule has 0 saturated heterocycles. The molecule has 0 amide bonds. The van der Waals surface area contributed by atoms with E-state index in [1.807, 2.05) is 0 Å². The smallest absolute Gasteiger partial charge is 0.377 e. The summed E-state index contributed by atoms with van der Waals surface area (Å²) in [6, 6.07) is -0.442. The van der Waals surface area contributed by atoms with E-state index >= 15 is 0 Å². The number of methoxy groups -OCH3 is 1. The minimum absolute atomic E-state index is 0.0339. The highest BCUT2D eigenvalue weighted by molar-refractivity contribution is 4.93. The Balaban J connectivity index is 2.68. The Bertz CT molecular complexity index is 238. The molecule has 1 fully saturated rings. The Labute approximate surface area is 106 Å². The van der Waals surface area contributed by atoms with Gasteiger partial charge in [0.25, 0.3) is 0 Å². The van der Waals surface area contributed by atoms with Gasteiger partial charge in [0.2, 0.25) is 0 Å². The van der Waals surface area contributed by atoms with Gasteiger partial charge < -0.3 is 4.74 Å². The maximum absolute atomic E-state index is 12.3. The van der Waals surface area contributed by atoms with E-state index in [0.29, 0.717) is 0 Å². The first-order chi connectivity index (χ1) is 8.43. The van der Waals surface area contributed by atoms with Crippen molar-refractivity contribution in [1.82, 2.24) is 5.43 Å². The lowest BCUT2D eigenvalue weighted by Crippen LogP contribution is -2.54. The molecule has 1 rings (SSSR count). The maximum atomic E-state index is 12.3. The van der Waals surface area contributed by atoms with Crippen LogP contribution in [-0.4, -0.2) is 24.9 Å². The van der Waals surface area contributed by atoms with Crippen molar-refractivity contribution in [3.05, 3.63) is 0 Å². The summed E-state index contributed by atoms with van der Waals surface area (Å²) in [6.45, 7) is 0. The molecule has 0 aromatic carbocycles. The number of halogens is 3. The van der Waals surface area contributed by atoms with E-state index in [9.17, 15) is 13.2 Å². The Morgan fingerprint density at radius 2 is 1.78 bits per heavy atom. The third kappa shape index (κ3) is 4.40. The third-order valence-electron chi connectivity index (χ3n) is 3.91. The van der Waals surface area contributed by atoms with Crippen LogP contribution in [0.4, 0.5) is 13.2 Å². The van der Waals surface area contributed by atoms with Gasteiger partial charge in [0.05, 0.1) is 11.6 Å². The fraction of sp³-hybridized carbons (Fsp3) is 1.00. The molecule has 0 aromatic rings. The van der Waals surface area contributed by atoms with E-state index in [-0.39, 0.29) is 6.42 Å². The van der Waals surface area contributed by atoms with Gasteiger partial charge in [-0.05, 0) is 19.3 Å². The third-order valence-corrected chi connectivity index (χ3v) is 3.91. The molecule has 0 radical (unpaired) electrons. The second-order valence-electron chi connectivity index (χ2n) is 5.06. The molecule has 1 atom stereocenters. The highest BCUT2D eigenvalue weighted by Gasteiger charge is 2.40. The minimum Gasteiger partial charge on any atom is -0.377 e. The van der Waals surface area contributed by atoms with E-state index in [2.05, 4.69) is 5.43 Å². The lowest BCUT2D eigenvalue weighted by Gasteiger charge is -2.39. The van der Waals surface area contributed by atoms with Gasteiger partial charge in [-0.1, -0.05) is 25.7 Å². The zero-order valence-corrected chi connectivity index (χ0v) is 10.9. The summed E-state index contributed by atoms with van der Waals surface area (Å²) >= 11 is 0. The molecule has 3 nitrogen and oxygen atoms in total. The SMILES string of the molecule is COC1(C(CCC(F)(F)F)NN)CCCCCC1. The van der Waals surface area contributed by atoms with Crippen LogP contribution in [0.3, 0.4) is 0 Å². The summed E-state index contributed by atoms with van der Waals surface area (Å²) in [5.74, 6) is 5.45. The Hall–Kier alpha value is -0.330. The first-order valence-corrected chi connectivity index (χ1v) is 6.51. The molecule has 1 aliphatic rings. The van der Waals surface area contributed by atoms with Crippen LogP contribution < -0.4 is 11.3 Å². The van der Waals surface area contributed by atoms with Crippen molar-refractivity contribution in [2.24, 2.45) is 5.84 Å². The van der Waals surface area contributed by atoms with E-state index in [1.165, 1.54) is 0 Å². The molecule has 0 aromatic heterocycles. The number of ether oxygens (including phenoxy) is 1. The van der Waals surface area contributed by atoms with Gasteiger partial charge in [0.15, 0.2) is 0 Å². The van der Waals surface area contributed by atoms with Crippen LogP contribution in [0.25, 0.3) is 0 Å². The van der Waals surface area contributed by atoms with Gasteiger partial charge in [-0.3, -0.25) is 11.3 Å². The summed E-state index contributed by atoms with van der Waals surface area (Å²) in [7, 11) is 1.57. The standard InChI is InChI=1S/C12H23F3N2O/c1-18-11(7-4-2-3-5-8-11)10(17-16)6-9-12(13,14)15/h10,17H,2-9,16H2,1H3. The van der Waals surface area contributed by atoms with Crippen LogP contribution >= 0.6 is 0 Å². The summed E-state index contributed by atoms with van der Waals surface area (Å²) < 4.78 is 42.5. The topological polar surface area (TPSA) is 47.3 Å². The first-order valence-electron chi connectivity index (χ1n) is 6.51. The van der Waals surface area contributed by atoms with Crippen LogP contribution in [0.15, 0.2) is 0 Å². The summed E-state index contributed by atoms with van der Waals surface area (Å²) in [5, 5.41) is 0. The molecular weight excluding hydrogens is 245 g/mol. The first kappa shape index (κ1) is 15.7. The zero-order chi connectivity index (χ0) is 13.6. The van der Waals surface area contributed by atoms with Gasteiger partial charge in [0, 0.05) is 13.5 Å². The van der Waals surface area contributed by atoms with Crippen LogP contribution in [0, 0.1) is 0 Å². The predicted octanol–water partition coefficient (Wildman–Crippen LogP) is 2.90. The highest BCUT2D eigenvalue weighted by atomic mass is 19.4. The van der Waals surface area contributed by atoms with Crippen molar-refractivity contribution in [3.63, 3.8) is 0 Å². The summed E-state index contributed by atoms with van der Waals surface area (Å²) in [4.78, 5) is 0. The molecule has 1 aliphatic carbocycles. The van der Waals surface area contributed by atoms with E-state index < -0.39 is 24.2 Å². The average molecular weight is 268 g/mol. The van der Waals surface area contributed by atoms with Crippen molar-refractivity contribution in [1.29, 1.82) is 0 Å². The monoisotopic (exact) mass is 268 g/mol. The molecule has 0 spiro atoms. The molecule has 0 bridgehead atoms. The van der Waals surface area contributed by atoms with Crippen molar-refractivity contribution < 1.29 is 17.9 Å². The lowest BCUT2D eigenvalue weighted by atomic mass is 9.84. The normalized spacial score (nSPS) is 22.5. The summed E-state index contributed by atoms with van der Waals surface area (Å²) in [5.41, 5.74) is 1.99. The number of rotatable bonds is 5. The van der Waals surface area contributed by atoms with Gasteiger partial charge in [-0.2, -0.15) is 13.2 Å². The van der Waals surface area contributed by atoms with Crippen molar-refractivity contribution in [2.75, 3.05) is 7.11 Å². The van der Waals surface area contributed by atoms with Crippen molar-refractivity contribution in [2.45, 2.75) is 69.2 Å². The second-order valence-corrected chi connectivity index (χ2v) is 5.06. The fourth-order valence-corrected chi connectivity index (χ4v) is 2.83. The number of hydrogen-bond donors (Lipinski definition) is 2. The van der Waals surface area contributed by atoms with E-state index in [1.54, 1.807) is 7.11 Å². The lowest BCUT2D eigenvalue weighted by molar-refractivity contribution is -0.142. The van der Waals surface area contributed by atoms with Crippen molar-refractivity contribution in [3.8, 4) is 0 Å². The van der Waals surface area contributed by atoms with Gasteiger partial charge in [-0.15, -0.1) is 0 Å². The average Bonchev–Trinajstić information content (AvgIpc) is 2.55. The second kappa shape index (κ2) is 6.73. The van der Waals surface area contributed by atoms with Crippen LogP contribution in [-0.2, 0) is 4.74 Å². The van der Waals surface area contributed by atoms with Crippen LogP contribution in [0.5, 0.6) is 0 Å². The van der Waals surface area contributed by atoms with Gasteiger partial charge in [-0.25, -0.2) is 0 Å². The molecule has 18 heavy (non-hydrogen) atoms. The largest absolute Gasteiger partial charge is 0.389 e. The summed E-state index contributed by atoms with van der Waals surface area (Å²) in [6.07, 6.45) is 0.738. The zero-order valence-electron chi connectivity index (χ0n) is 10.9. The van der Waals surface area contributed by atoms with Crippen molar-refractivity contribution >= 4 is 0 Å². The highest BCUT2D eigenvalue weighted by Crippen LogP contribution is 2.35. The molecule has 0 aliphatic heterocycles. The molecule has 1 saturated carbocycles.